The quantitative estimate of drug-likeness (QED) is 0.411. The van der Waals surface area contributed by atoms with E-state index in [0.29, 0.717) is 21.9 Å². The van der Waals surface area contributed by atoms with Crippen LogP contribution >= 0.6 is 15.8 Å². The Hall–Kier alpha value is -1.10. The highest BCUT2D eigenvalue weighted by atomic mass is 31.1. The van der Waals surface area contributed by atoms with Crippen LogP contribution < -0.4 is 0 Å². The van der Waals surface area contributed by atoms with E-state index in [2.05, 4.69) is 78.8 Å². The third-order valence-corrected chi connectivity index (χ3v) is 12.1. The van der Waals surface area contributed by atoms with Gasteiger partial charge in [0.1, 0.15) is 11.5 Å². The first-order valence-corrected chi connectivity index (χ1v) is 13.7. The van der Waals surface area contributed by atoms with E-state index < -0.39 is 7.92 Å². The van der Waals surface area contributed by atoms with Crippen molar-refractivity contribution in [3.8, 4) is 0 Å². The molecule has 158 valence electrons. The van der Waals surface area contributed by atoms with E-state index in [-0.39, 0.29) is 7.92 Å². The maximum Gasteiger partial charge on any atom is 0.108 e. The first kappa shape index (κ1) is 22.6. The summed E-state index contributed by atoms with van der Waals surface area (Å²) in [6.45, 7) is 17.1. The standard InChI is InChI=1S/C25H36O2P2/c1-19(29(24(2,3)4)25(5,6)7)22-13-8-14-23(22)28(17-20-11-9-15-26-20)18-21-12-10-16-27-21/h8-16,19,22H,17-18H2,1-7H3. The molecule has 0 N–H and O–H groups in total. The first-order valence-electron chi connectivity index (χ1n) is 10.5. The zero-order valence-electron chi connectivity index (χ0n) is 19.0. The molecular weight excluding hydrogens is 394 g/mol. The first-order chi connectivity index (χ1) is 13.6. The molecule has 2 nitrogen and oxygen atoms in total. The summed E-state index contributed by atoms with van der Waals surface area (Å²) in [4.78, 5) is 0. The third-order valence-electron chi connectivity index (χ3n) is 5.52. The van der Waals surface area contributed by atoms with Gasteiger partial charge in [0.05, 0.1) is 12.5 Å². The Bertz CT molecular complexity index is 767. The lowest BCUT2D eigenvalue weighted by atomic mass is 10.1. The lowest BCUT2D eigenvalue weighted by Gasteiger charge is -2.48. The second kappa shape index (κ2) is 8.95. The van der Waals surface area contributed by atoms with Gasteiger partial charge in [0, 0.05) is 18.2 Å². The molecule has 29 heavy (non-hydrogen) atoms. The lowest BCUT2D eigenvalue weighted by Crippen LogP contribution is -2.33. The Morgan fingerprint density at radius 1 is 0.897 bits per heavy atom. The van der Waals surface area contributed by atoms with Crippen molar-refractivity contribution in [3.63, 3.8) is 0 Å². The van der Waals surface area contributed by atoms with E-state index in [9.17, 15) is 0 Å². The molecule has 3 rings (SSSR count). The van der Waals surface area contributed by atoms with Crippen molar-refractivity contribution in [2.45, 2.75) is 76.8 Å². The highest BCUT2D eigenvalue weighted by molar-refractivity contribution is 7.62. The van der Waals surface area contributed by atoms with Crippen LogP contribution in [-0.2, 0) is 12.3 Å². The van der Waals surface area contributed by atoms with Crippen molar-refractivity contribution in [1.29, 1.82) is 0 Å². The minimum absolute atomic E-state index is 0.195. The highest BCUT2D eigenvalue weighted by Gasteiger charge is 2.42. The maximum atomic E-state index is 5.74. The van der Waals surface area contributed by atoms with Gasteiger partial charge in [0.15, 0.2) is 0 Å². The number of rotatable bonds is 7. The molecule has 2 heterocycles. The Labute approximate surface area is 179 Å². The Morgan fingerprint density at radius 2 is 1.41 bits per heavy atom. The Kier molecular flexibility index (Phi) is 6.97. The molecule has 2 unspecified atom stereocenters. The number of hydrogen-bond donors (Lipinski definition) is 0. The molecule has 0 amide bonds. The fourth-order valence-electron chi connectivity index (χ4n) is 5.02. The van der Waals surface area contributed by atoms with Crippen LogP contribution in [0.3, 0.4) is 0 Å². The van der Waals surface area contributed by atoms with Gasteiger partial charge in [-0.05, 0) is 45.6 Å². The largest absolute Gasteiger partial charge is 0.469 e. The SMILES string of the molecule is CC(C1C=CC=C1P(Cc1ccco1)Cc1ccco1)P(C(C)(C)C)C(C)(C)C. The predicted molar refractivity (Wildman–Crippen MR) is 128 cm³/mol. The molecular formula is C25H36O2P2. The summed E-state index contributed by atoms with van der Waals surface area (Å²) in [7, 11) is -0.605. The molecule has 0 aliphatic heterocycles. The number of furan rings is 2. The molecule has 2 aromatic rings. The molecule has 4 heteroatoms. The van der Waals surface area contributed by atoms with Gasteiger partial charge in [-0.3, -0.25) is 0 Å². The van der Waals surface area contributed by atoms with Crippen LogP contribution in [0.25, 0.3) is 0 Å². The van der Waals surface area contributed by atoms with Gasteiger partial charge < -0.3 is 8.83 Å². The molecule has 0 saturated heterocycles. The van der Waals surface area contributed by atoms with Gasteiger partial charge in [-0.2, -0.15) is 0 Å². The lowest BCUT2D eigenvalue weighted by molar-refractivity contribution is 0.524. The topological polar surface area (TPSA) is 26.3 Å². The van der Waals surface area contributed by atoms with Crippen molar-refractivity contribution >= 4 is 15.8 Å². The van der Waals surface area contributed by atoms with Crippen molar-refractivity contribution in [3.05, 3.63) is 71.9 Å². The van der Waals surface area contributed by atoms with Crippen molar-refractivity contribution in [2.24, 2.45) is 5.92 Å². The highest BCUT2D eigenvalue weighted by Crippen LogP contribution is 2.67. The summed E-state index contributed by atoms with van der Waals surface area (Å²) in [6, 6.07) is 8.21. The second-order valence-corrected chi connectivity index (χ2v) is 16.4. The molecule has 0 radical (unpaired) electrons. The monoisotopic (exact) mass is 430 g/mol. The van der Waals surface area contributed by atoms with Crippen molar-refractivity contribution < 1.29 is 8.83 Å². The van der Waals surface area contributed by atoms with E-state index >= 15 is 0 Å². The average Bonchev–Trinajstić information content (AvgIpc) is 3.34. The smallest absolute Gasteiger partial charge is 0.108 e. The van der Waals surface area contributed by atoms with Crippen LogP contribution in [0.5, 0.6) is 0 Å². The number of hydrogen-bond acceptors (Lipinski definition) is 2. The van der Waals surface area contributed by atoms with Crippen LogP contribution in [0, 0.1) is 5.92 Å². The van der Waals surface area contributed by atoms with Gasteiger partial charge in [-0.25, -0.2) is 0 Å². The molecule has 0 bridgehead atoms. The Balaban J connectivity index is 1.89. The molecule has 1 aliphatic rings. The number of allylic oxidation sites excluding steroid dienone is 4. The minimum atomic E-state index is -0.410. The van der Waals surface area contributed by atoms with Gasteiger partial charge >= 0.3 is 0 Å². The third kappa shape index (κ3) is 5.53. The fourth-order valence-corrected chi connectivity index (χ4v) is 12.8. The molecule has 0 fully saturated rings. The van der Waals surface area contributed by atoms with Gasteiger partial charge in [0.25, 0.3) is 0 Å². The summed E-state index contributed by atoms with van der Waals surface area (Å²) in [5, 5.41) is 2.24. The summed E-state index contributed by atoms with van der Waals surface area (Å²) >= 11 is 0. The fraction of sp³-hybridized carbons (Fsp3) is 0.520. The molecule has 0 saturated carbocycles. The zero-order chi connectivity index (χ0) is 21.2. The van der Waals surface area contributed by atoms with Crippen LogP contribution in [0.15, 0.2) is 69.2 Å². The summed E-state index contributed by atoms with van der Waals surface area (Å²) in [5.41, 5.74) is 0.633. The molecule has 1 aliphatic carbocycles. The van der Waals surface area contributed by atoms with Crippen molar-refractivity contribution in [1.82, 2.24) is 0 Å². The molecule has 0 aromatic carbocycles. The van der Waals surface area contributed by atoms with Gasteiger partial charge in [0.2, 0.25) is 0 Å². The molecule has 2 aromatic heterocycles. The molecule has 0 spiro atoms. The Morgan fingerprint density at radius 3 is 1.83 bits per heavy atom. The summed E-state index contributed by atoms with van der Waals surface area (Å²) in [5.74, 6) is 2.67. The van der Waals surface area contributed by atoms with E-state index in [1.165, 1.54) is 0 Å². The van der Waals surface area contributed by atoms with Crippen LogP contribution in [-0.4, -0.2) is 16.0 Å². The van der Waals surface area contributed by atoms with Crippen LogP contribution in [0.1, 0.15) is 60.0 Å². The predicted octanol–water partition coefficient (Wildman–Crippen LogP) is 8.59. The summed E-state index contributed by atoms with van der Waals surface area (Å²) in [6.07, 6.45) is 12.6. The zero-order valence-corrected chi connectivity index (χ0v) is 20.8. The minimum Gasteiger partial charge on any atom is -0.469 e. The van der Waals surface area contributed by atoms with E-state index in [4.69, 9.17) is 8.83 Å². The normalized spacial score (nSPS) is 18.7. The van der Waals surface area contributed by atoms with Crippen LogP contribution in [0.4, 0.5) is 0 Å². The maximum absolute atomic E-state index is 5.74. The van der Waals surface area contributed by atoms with E-state index in [1.807, 2.05) is 12.1 Å². The summed E-state index contributed by atoms with van der Waals surface area (Å²) < 4.78 is 11.5. The molecule has 2 atom stereocenters. The van der Waals surface area contributed by atoms with Crippen molar-refractivity contribution in [2.75, 3.05) is 0 Å². The van der Waals surface area contributed by atoms with E-state index in [1.54, 1.807) is 17.8 Å². The average molecular weight is 431 g/mol. The van der Waals surface area contributed by atoms with Crippen LogP contribution in [0.2, 0.25) is 0 Å². The van der Waals surface area contributed by atoms with Gasteiger partial charge in [-0.1, -0.05) is 82.5 Å². The second-order valence-electron chi connectivity index (χ2n) is 9.97. The van der Waals surface area contributed by atoms with E-state index in [0.717, 1.165) is 23.8 Å². The van der Waals surface area contributed by atoms with Gasteiger partial charge in [-0.15, -0.1) is 0 Å².